The van der Waals surface area contributed by atoms with Gasteiger partial charge in [-0.3, -0.25) is 0 Å². The van der Waals surface area contributed by atoms with Gasteiger partial charge in [-0.05, 0) is 45.2 Å². The van der Waals surface area contributed by atoms with E-state index in [-0.39, 0.29) is 0 Å². The van der Waals surface area contributed by atoms with Gasteiger partial charge < -0.3 is 4.90 Å². The molecular formula is C11H23N. The molecule has 72 valence electrons. The van der Waals surface area contributed by atoms with E-state index in [0.717, 1.165) is 12.0 Å². The second kappa shape index (κ2) is 4.86. The number of likely N-dealkylation sites (tertiary alicyclic amines) is 1. The Bertz CT molecular complexity index is 122. The van der Waals surface area contributed by atoms with Gasteiger partial charge in [-0.25, -0.2) is 0 Å². The Morgan fingerprint density at radius 1 is 1.08 bits per heavy atom. The normalized spacial score (nSPS) is 33.2. The maximum Gasteiger partial charge on any atom is 0.00896 e. The molecule has 1 fully saturated rings. The van der Waals surface area contributed by atoms with Crippen molar-refractivity contribution in [3.63, 3.8) is 0 Å². The summed E-state index contributed by atoms with van der Waals surface area (Å²) in [5.41, 5.74) is 0. The molecule has 0 saturated carbocycles. The van der Waals surface area contributed by atoms with Crippen LogP contribution in [0, 0.1) is 5.92 Å². The van der Waals surface area contributed by atoms with E-state index in [2.05, 4.69) is 25.8 Å². The summed E-state index contributed by atoms with van der Waals surface area (Å²) in [6, 6.07) is 0.863. The first-order valence-corrected chi connectivity index (χ1v) is 5.48. The highest BCUT2D eigenvalue weighted by Crippen LogP contribution is 2.24. The quantitative estimate of drug-likeness (QED) is 0.614. The lowest BCUT2D eigenvalue weighted by molar-refractivity contribution is 0.240. The third-order valence-electron chi connectivity index (χ3n) is 3.47. The van der Waals surface area contributed by atoms with Crippen molar-refractivity contribution >= 4 is 0 Å². The lowest BCUT2D eigenvalue weighted by Crippen LogP contribution is -2.30. The van der Waals surface area contributed by atoms with Gasteiger partial charge in [-0.2, -0.15) is 0 Å². The summed E-state index contributed by atoms with van der Waals surface area (Å²) in [6.45, 7) is 5.96. The minimum Gasteiger partial charge on any atom is -0.303 e. The van der Waals surface area contributed by atoms with Crippen molar-refractivity contribution in [1.29, 1.82) is 0 Å². The zero-order valence-electron chi connectivity index (χ0n) is 8.84. The van der Waals surface area contributed by atoms with Crippen LogP contribution in [0.25, 0.3) is 0 Å². The molecule has 0 aromatic carbocycles. The molecule has 1 aliphatic heterocycles. The van der Waals surface area contributed by atoms with Crippen LogP contribution in [0.5, 0.6) is 0 Å². The molecule has 1 rings (SSSR count). The summed E-state index contributed by atoms with van der Waals surface area (Å²) < 4.78 is 0. The summed E-state index contributed by atoms with van der Waals surface area (Å²) in [5, 5.41) is 0. The molecule has 0 N–H and O–H groups in total. The maximum atomic E-state index is 2.55. The Morgan fingerprint density at radius 3 is 2.42 bits per heavy atom. The molecule has 0 radical (unpaired) electrons. The molecule has 1 saturated heterocycles. The highest BCUT2D eigenvalue weighted by molar-refractivity contribution is 4.74. The average Bonchev–Trinajstić information content (AvgIpc) is 2.27. The summed E-state index contributed by atoms with van der Waals surface area (Å²) in [5.74, 6) is 1.00. The minimum atomic E-state index is 0.863. The molecular weight excluding hydrogens is 146 g/mol. The molecule has 12 heavy (non-hydrogen) atoms. The zero-order valence-corrected chi connectivity index (χ0v) is 8.84. The van der Waals surface area contributed by atoms with Gasteiger partial charge in [0.1, 0.15) is 0 Å². The van der Waals surface area contributed by atoms with Crippen molar-refractivity contribution in [2.45, 2.75) is 52.0 Å². The highest BCUT2D eigenvalue weighted by Gasteiger charge is 2.19. The van der Waals surface area contributed by atoms with Gasteiger partial charge in [0.15, 0.2) is 0 Å². The van der Waals surface area contributed by atoms with Crippen LogP contribution in [-0.2, 0) is 0 Å². The largest absolute Gasteiger partial charge is 0.303 e. The lowest BCUT2D eigenvalue weighted by Gasteiger charge is -2.23. The average molecular weight is 169 g/mol. The van der Waals surface area contributed by atoms with Crippen LogP contribution in [0.3, 0.4) is 0 Å². The maximum absolute atomic E-state index is 2.55. The summed E-state index contributed by atoms with van der Waals surface area (Å²) in [6.07, 6.45) is 7.01. The van der Waals surface area contributed by atoms with Crippen LogP contribution in [0.4, 0.5) is 0 Å². The Labute approximate surface area is 77.1 Å². The van der Waals surface area contributed by atoms with E-state index in [9.17, 15) is 0 Å². The fourth-order valence-corrected chi connectivity index (χ4v) is 2.29. The zero-order chi connectivity index (χ0) is 8.97. The first-order chi connectivity index (χ1) is 5.77. The van der Waals surface area contributed by atoms with Gasteiger partial charge in [0.05, 0.1) is 0 Å². The van der Waals surface area contributed by atoms with E-state index < -0.39 is 0 Å². The highest BCUT2D eigenvalue weighted by atomic mass is 15.1. The molecule has 2 unspecified atom stereocenters. The second-order valence-corrected chi connectivity index (χ2v) is 4.18. The minimum absolute atomic E-state index is 0.863. The molecule has 0 amide bonds. The number of hydrogen-bond donors (Lipinski definition) is 0. The van der Waals surface area contributed by atoms with Crippen LogP contribution in [0.1, 0.15) is 46.0 Å². The Balaban J connectivity index is 2.41. The number of rotatable bonds is 2. The Morgan fingerprint density at radius 2 is 1.83 bits per heavy atom. The van der Waals surface area contributed by atoms with Crippen LogP contribution in [0.2, 0.25) is 0 Å². The van der Waals surface area contributed by atoms with Crippen molar-refractivity contribution in [3.8, 4) is 0 Å². The van der Waals surface area contributed by atoms with E-state index in [1.807, 2.05) is 0 Å². The predicted octanol–water partition coefficient (Wildman–Crippen LogP) is 2.91. The topological polar surface area (TPSA) is 3.24 Å². The van der Waals surface area contributed by atoms with Crippen LogP contribution >= 0.6 is 0 Å². The Hall–Kier alpha value is -0.0400. The fourth-order valence-electron chi connectivity index (χ4n) is 2.29. The molecule has 0 spiro atoms. The standard InChI is InChI=1S/C11H23N/c1-4-10-6-7-11(5-2)12(3)9-8-10/h10-11H,4-9H2,1-3H3. The summed E-state index contributed by atoms with van der Waals surface area (Å²) >= 11 is 0. The first kappa shape index (κ1) is 10.0. The van der Waals surface area contributed by atoms with Gasteiger partial charge in [0, 0.05) is 6.04 Å². The monoisotopic (exact) mass is 169 g/mol. The van der Waals surface area contributed by atoms with Gasteiger partial charge in [-0.1, -0.05) is 20.3 Å². The third kappa shape index (κ3) is 2.48. The van der Waals surface area contributed by atoms with Crippen LogP contribution in [-0.4, -0.2) is 24.5 Å². The third-order valence-corrected chi connectivity index (χ3v) is 3.47. The van der Waals surface area contributed by atoms with E-state index in [1.54, 1.807) is 0 Å². The lowest BCUT2D eigenvalue weighted by atomic mass is 9.96. The first-order valence-electron chi connectivity index (χ1n) is 5.48. The SMILES string of the molecule is CCC1CCC(CC)N(C)CC1. The van der Waals surface area contributed by atoms with Crippen LogP contribution in [0.15, 0.2) is 0 Å². The molecule has 0 bridgehead atoms. The second-order valence-electron chi connectivity index (χ2n) is 4.18. The summed E-state index contributed by atoms with van der Waals surface area (Å²) in [4.78, 5) is 2.55. The van der Waals surface area contributed by atoms with Gasteiger partial charge >= 0.3 is 0 Å². The van der Waals surface area contributed by atoms with E-state index in [0.29, 0.717) is 0 Å². The van der Waals surface area contributed by atoms with Gasteiger partial charge in [0.25, 0.3) is 0 Å². The van der Waals surface area contributed by atoms with E-state index in [1.165, 1.54) is 38.6 Å². The predicted molar refractivity (Wildman–Crippen MR) is 54.3 cm³/mol. The smallest absolute Gasteiger partial charge is 0.00896 e. The molecule has 0 aromatic rings. The van der Waals surface area contributed by atoms with Crippen molar-refractivity contribution < 1.29 is 0 Å². The van der Waals surface area contributed by atoms with E-state index in [4.69, 9.17) is 0 Å². The van der Waals surface area contributed by atoms with Crippen LogP contribution < -0.4 is 0 Å². The van der Waals surface area contributed by atoms with Gasteiger partial charge in [0.2, 0.25) is 0 Å². The molecule has 1 heteroatoms. The van der Waals surface area contributed by atoms with Crippen molar-refractivity contribution in [2.75, 3.05) is 13.6 Å². The Kier molecular flexibility index (Phi) is 4.07. The molecule has 0 aromatic heterocycles. The number of nitrogens with zero attached hydrogens (tertiary/aromatic N) is 1. The molecule has 1 nitrogen and oxygen atoms in total. The van der Waals surface area contributed by atoms with Crippen molar-refractivity contribution in [2.24, 2.45) is 5.92 Å². The molecule has 2 atom stereocenters. The fraction of sp³-hybridized carbons (Fsp3) is 1.00. The van der Waals surface area contributed by atoms with Crippen molar-refractivity contribution in [3.05, 3.63) is 0 Å². The van der Waals surface area contributed by atoms with Crippen molar-refractivity contribution in [1.82, 2.24) is 4.90 Å². The molecule has 1 heterocycles. The van der Waals surface area contributed by atoms with E-state index >= 15 is 0 Å². The molecule has 0 aliphatic carbocycles. The number of hydrogen-bond acceptors (Lipinski definition) is 1. The summed E-state index contributed by atoms with van der Waals surface area (Å²) in [7, 11) is 2.28. The molecule has 1 aliphatic rings. The van der Waals surface area contributed by atoms with Gasteiger partial charge in [-0.15, -0.1) is 0 Å².